The lowest BCUT2D eigenvalue weighted by Crippen LogP contribution is -2.52. The summed E-state index contributed by atoms with van der Waals surface area (Å²) in [7, 11) is 2.05. The van der Waals surface area contributed by atoms with Gasteiger partial charge in [-0.1, -0.05) is 0 Å². The maximum Gasteiger partial charge on any atom is 0.227 e. The van der Waals surface area contributed by atoms with E-state index in [9.17, 15) is 5.11 Å². The second-order valence-corrected chi connectivity index (χ2v) is 9.51. The van der Waals surface area contributed by atoms with Crippen molar-refractivity contribution in [3.8, 4) is 10.6 Å². The summed E-state index contributed by atoms with van der Waals surface area (Å²) >= 11 is 1.63. The lowest BCUT2D eigenvalue weighted by Gasteiger charge is -2.41. The number of hydrogen-bond acceptors (Lipinski definition) is 8. The zero-order chi connectivity index (χ0) is 23.2. The molecule has 9 nitrogen and oxygen atoms in total. The summed E-state index contributed by atoms with van der Waals surface area (Å²) in [5, 5.41) is 24.6. The van der Waals surface area contributed by atoms with Crippen molar-refractivity contribution >= 4 is 33.9 Å². The Morgan fingerprint density at radius 1 is 1.21 bits per heavy atom. The Hall–Kier alpha value is -3.60. The number of β-amino-alcohol motifs (C(OH)–C–C–N with tert-alkyl or cyclic N) is 1. The van der Waals surface area contributed by atoms with Crippen molar-refractivity contribution in [3.63, 3.8) is 0 Å². The number of H-pyrrole nitrogens is 1. The Kier molecular flexibility index (Phi) is 5.13. The SMILES string of the molecule is Cc1[nH]ncc1C(c1ccnc(Nc2ccc3c(c2)c(-c2nccs2)cn3C)n1)N1CC(O)C1. The van der Waals surface area contributed by atoms with Gasteiger partial charge in [0.1, 0.15) is 5.01 Å². The molecule has 1 aromatic carbocycles. The van der Waals surface area contributed by atoms with Crippen LogP contribution in [0, 0.1) is 6.92 Å². The molecular weight excluding hydrogens is 448 g/mol. The van der Waals surface area contributed by atoms with Crippen LogP contribution in [0.25, 0.3) is 21.5 Å². The van der Waals surface area contributed by atoms with Gasteiger partial charge in [0.2, 0.25) is 5.95 Å². The zero-order valence-electron chi connectivity index (χ0n) is 18.8. The van der Waals surface area contributed by atoms with Gasteiger partial charge in [0.25, 0.3) is 0 Å². The van der Waals surface area contributed by atoms with E-state index >= 15 is 0 Å². The monoisotopic (exact) mass is 472 g/mol. The number of nitrogens with zero attached hydrogens (tertiary/aromatic N) is 6. The molecule has 0 bridgehead atoms. The second-order valence-electron chi connectivity index (χ2n) is 8.61. The summed E-state index contributed by atoms with van der Waals surface area (Å²) in [6, 6.07) is 8.07. The van der Waals surface area contributed by atoms with E-state index in [4.69, 9.17) is 4.98 Å². The third-order valence-corrected chi connectivity index (χ3v) is 7.09. The molecule has 5 heterocycles. The number of aliphatic hydroxyl groups excluding tert-OH is 1. The minimum Gasteiger partial charge on any atom is -0.390 e. The molecule has 0 amide bonds. The van der Waals surface area contributed by atoms with Gasteiger partial charge in [0, 0.05) is 77.5 Å². The van der Waals surface area contributed by atoms with Crippen LogP contribution in [0.15, 0.2) is 54.4 Å². The first-order chi connectivity index (χ1) is 16.6. The summed E-state index contributed by atoms with van der Waals surface area (Å²) < 4.78 is 2.12. The van der Waals surface area contributed by atoms with Crippen molar-refractivity contribution in [2.24, 2.45) is 7.05 Å². The topological polar surface area (TPSA) is 108 Å². The number of benzene rings is 1. The molecule has 1 atom stereocenters. The average Bonchev–Trinajstić information content (AvgIpc) is 3.55. The summed E-state index contributed by atoms with van der Waals surface area (Å²) in [4.78, 5) is 16.0. The molecule has 1 aliphatic heterocycles. The molecule has 34 heavy (non-hydrogen) atoms. The summed E-state index contributed by atoms with van der Waals surface area (Å²) in [5.41, 5.74) is 6.05. The standard InChI is InChI=1S/C24H24N8OS/c1-14-18(10-27-30-14)22(32-11-16(33)12-32)20-5-6-26-24(29-20)28-15-3-4-21-17(9-15)19(13-31(21)2)23-25-7-8-34-23/h3-10,13,16,22,33H,11-12H2,1-2H3,(H,27,30)(H,26,28,29). The lowest BCUT2D eigenvalue weighted by atomic mass is 9.98. The van der Waals surface area contributed by atoms with Gasteiger partial charge in [-0.2, -0.15) is 5.10 Å². The number of anilines is 2. The molecule has 5 aromatic rings. The smallest absolute Gasteiger partial charge is 0.227 e. The fourth-order valence-electron chi connectivity index (χ4n) is 4.59. The number of aryl methyl sites for hydroxylation is 2. The number of rotatable bonds is 6. The maximum absolute atomic E-state index is 9.89. The van der Waals surface area contributed by atoms with Gasteiger partial charge < -0.3 is 15.0 Å². The normalized spacial score (nSPS) is 15.5. The molecule has 0 radical (unpaired) electrons. The van der Waals surface area contributed by atoms with Gasteiger partial charge in [0.05, 0.1) is 24.0 Å². The van der Waals surface area contributed by atoms with E-state index in [1.54, 1.807) is 17.5 Å². The van der Waals surface area contributed by atoms with E-state index in [0.717, 1.165) is 44.1 Å². The third kappa shape index (κ3) is 3.65. The Balaban J connectivity index is 1.34. The van der Waals surface area contributed by atoms with E-state index in [0.29, 0.717) is 19.0 Å². The molecule has 6 rings (SSSR count). The zero-order valence-corrected chi connectivity index (χ0v) is 19.6. The first-order valence-electron chi connectivity index (χ1n) is 11.1. The largest absolute Gasteiger partial charge is 0.390 e. The predicted octanol–water partition coefficient (Wildman–Crippen LogP) is 3.63. The number of aromatic amines is 1. The van der Waals surface area contributed by atoms with Crippen LogP contribution >= 0.6 is 11.3 Å². The van der Waals surface area contributed by atoms with Crippen LogP contribution in [-0.4, -0.2) is 58.9 Å². The summed E-state index contributed by atoms with van der Waals surface area (Å²) in [6.07, 6.45) is 7.24. The number of likely N-dealkylation sites (tertiary alicyclic amines) is 1. The van der Waals surface area contributed by atoms with Gasteiger partial charge >= 0.3 is 0 Å². The third-order valence-electron chi connectivity index (χ3n) is 6.28. The van der Waals surface area contributed by atoms with Crippen LogP contribution < -0.4 is 5.32 Å². The lowest BCUT2D eigenvalue weighted by molar-refractivity contribution is -0.0170. The van der Waals surface area contributed by atoms with Crippen LogP contribution in [0.4, 0.5) is 11.6 Å². The molecule has 172 valence electrons. The van der Waals surface area contributed by atoms with Gasteiger partial charge in [0.15, 0.2) is 0 Å². The van der Waals surface area contributed by atoms with Gasteiger partial charge in [-0.25, -0.2) is 15.0 Å². The first-order valence-corrected chi connectivity index (χ1v) is 12.0. The Bertz CT molecular complexity index is 1450. The molecule has 4 aromatic heterocycles. The van der Waals surface area contributed by atoms with Gasteiger partial charge in [-0.15, -0.1) is 11.3 Å². The van der Waals surface area contributed by atoms with Crippen LogP contribution in [0.2, 0.25) is 0 Å². The molecule has 0 saturated carbocycles. The van der Waals surface area contributed by atoms with Gasteiger partial charge in [-0.05, 0) is 31.2 Å². The number of thiazole rings is 1. The van der Waals surface area contributed by atoms with E-state index in [1.807, 2.05) is 43.9 Å². The van der Waals surface area contributed by atoms with Crippen LogP contribution in [-0.2, 0) is 7.05 Å². The van der Waals surface area contributed by atoms with E-state index in [1.165, 1.54) is 0 Å². The minimum absolute atomic E-state index is 0.0983. The highest BCUT2D eigenvalue weighted by molar-refractivity contribution is 7.13. The molecule has 1 unspecified atom stereocenters. The Labute approximate surface area is 200 Å². The number of aliphatic hydroxyl groups is 1. The second kappa shape index (κ2) is 8.32. The highest BCUT2D eigenvalue weighted by atomic mass is 32.1. The van der Waals surface area contributed by atoms with Gasteiger partial charge in [-0.3, -0.25) is 10.00 Å². The van der Waals surface area contributed by atoms with Crippen LogP contribution in [0.1, 0.15) is 23.0 Å². The minimum atomic E-state index is -0.307. The number of aromatic nitrogens is 6. The highest BCUT2D eigenvalue weighted by Gasteiger charge is 2.35. The first kappa shape index (κ1) is 21.0. The Morgan fingerprint density at radius 3 is 2.82 bits per heavy atom. The fourth-order valence-corrected chi connectivity index (χ4v) is 5.25. The van der Waals surface area contributed by atoms with E-state index < -0.39 is 0 Å². The predicted molar refractivity (Wildman–Crippen MR) is 132 cm³/mol. The number of hydrogen-bond donors (Lipinski definition) is 3. The molecule has 1 fully saturated rings. The van der Waals surface area contributed by atoms with Crippen molar-refractivity contribution in [2.75, 3.05) is 18.4 Å². The van der Waals surface area contributed by atoms with Crippen molar-refractivity contribution < 1.29 is 5.11 Å². The molecule has 1 aliphatic rings. The highest BCUT2D eigenvalue weighted by Crippen LogP contribution is 2.35. The molecular formula is C24H24N8OS. The number of nitrogens with one attached hydrogen (secondary N) is 2. The van der Waals surface area contributed by atoms with E-state index in [-0.39, 0.29) is 12.1 Å². The van der Waals surface area contributed by atoms with Crippen molar-refractivity contribution in [3.05, 3.63) is 71.4 Å². The fraction of sp³-hybridized carbons (Fsp3) is 0.250. The van der Waals surface area contributed by atoms with Crippen LogP contribution in [0.3, 0.4) is 0 Å². The van der Waals surface area contributed by atoms with Crippen molar-refractivity contribution in [2.45, 2.75) is 19.1 Å². The average molecular weight is 473 g/mol. The van der Waals surface area contributed by atoms with Crippen molar-refractivity contribution in [1.82, 2.24) is 34.6 Å². The van der Waals surface area contributed by atoms with Crippen LogP contribution in [0.5, 0.6) is 0 Å². The van der Waals surface area contributed by atoms with Crippen molar-refractivity contribution in [1.29, 1.82) is 0 Å². The maximum atomic E-state index is 9.89. The quantitative estimate of drug-likeness (QED) is 0.346. The molecule has 0 spiro atoms. The Morgan fingerprint density at radius 2 is 2.09 bits per heavy atom. The molecule has 3 N–H and O–H groups in total. The molecule has 10 heteroatoms. The van der Waals surface area contributed by atoms with E-state index in [2.05, 4.69) is 53.3 Å². The molecule has 0 aliphatic carbocycles. The molecule has 1 saturated heterocycles. The number of fused-ring (bicyclic) bond motifs is 1. The summed E-state index contributed by atoms with van der Waals surface area (Å²) in [5.74, 6) is 0.524. The summed E-state index contributed by atoms with van der Waals surface area (Å²) in [6.45, 7) is 3.21.